The van der Waals surface area contributed by atoms with Crippen LogP contribution in [-0.2, 0) is 32.0 Å². The van der Waals surface area contributed by atoms with Crippen molar-refractivity contribution in [3.05, 3.63) is 65.2 Å². The third-order valence-corrected chi connectivity index (χ3v) is 7.35. The van der Waals surface area contributed by atoms with E-state index in [0.717, 1.165) is 24.8 Å². The number of guanidine groups is 1. The number of phenolic OH excluding ortho intramolecular Hbond substituents is 1. The van der Waals surface area contributed by atoms with Crippen molar-refractivity contribution in [3.63, 3.8) is 0 Å². The molecule has 0 aromatic heterocycles. The lowest BCUT2D eigenvalue weighted by Gasteiger charge is -2.26. The molecule has 0 aliphatic heterocycles. The monoisotopic (exact) mass is 625 g/mol. The van der Waals surface area contributed by atoms with Gasteiger partial charge in [-0.25, -0.2) is 4.79 Å². The van der Waals surface area contributed by atoms with Crippen molar-refractivity contribution < 1.29 is 29.4 Å². The highest BCUT2D eigenvalue weighted by molar-refractivity contribution is 5.94. The molecule has 0 radical (unpaired) electrons. The SMILES string of the molecule is CCCCCC(N)C(=O)NC(Cc1ccccc1)C(=O)NC(CCCNC(=N)N)C(=O)NC(Cc1ccc(O)cc1C)C(=O)O. The summed E-state index contributed by atoms with van der Waals surface area (Å²) in [6.45, 7) is 4.00. The van der Waals surface area contributed by atoms with Crippen LogP contribution in [0.1, 0.15) is 62.1 Å². The van der Waals surface area contributed by atoms with Gasteiger partial charge in [-0.2, -0.15) is 0 Å². The number of aryl methyl sites for hydroxylation is 1. The van der Waals surface area contributed by atoms with Gasteiger partial charge in [-0.3, -0.25) is 19.8 Å². The van der Waals surface area contributed by atoms with Gasteiger partial charge in [0.25, 0.3) is 0 Å². The number of carboxylic acid groups (broad SMARTS) is 1. The second-order valence-electron chi connectivity index (χ2n) is 11.1. The van der Waals surface area contributed by atoms with E-state index in [-0.39, 0.29) is 37.5 Å². The minimum absolute atomic E-state index is 0.0353. The number of aromatic hydroxyl groups is 1. The zero-order valence-electron chi connectivity index (χ0n) is 26.0. The number of carbonyl (C=O) groups excluding carboxylic acids is 3. The molecule has 4 unspecified atom stereocenters. The Morgan fingerprint density at radius 3 is 2.11 bits per heavy atom. The van der Waals surface area contributed by atoms with Crippen LogP contribution < -0.4 is 32.7 Å². The molecule has 0 saturated heterocycles. The summed E-state index contributed by atoms with van der Waals surface area (Å²) < 4.78 is 0. The van der Waals surface area contributed by atoms with Crippen LogP contribution in [0.5, 0.6) is 5.75 Å². The Kier molecular flexibility index (Phi) is 15.3. The van der Waals surface area contributed by atoms with Gasteiger partial charge in [0.05, 0.1) is 6.04 Å². The average molecular weight is 626 g/mol. The molecule has 2 aromatic rings. The van der Waals surface area contributed by atoms with Gasteiger partial charge in [0.1, 0.15) is 23.9 Å². The normalized spacial score (nSPS) is 13.5. The summed E-state index contributed by atoms with van der Waals surface area (Å²) >= 11 is 0. The minimum atomic E-state index is -1.32. The highest BCUT2D eigenvalue weighted by Gasteiger charge is 2.30. The van der Waals surface area contributed by atoms with Crippen LogP contribution in [0.15, 0.2) is 48.5 Å². The Morgan fingerprint density at radius 1 is 0.844 bits per heavy atom. The minimum Gasteiger partial charge on any atom is -0.508 e. The van der Waals surface area contributed by atoms with E-state index in [0.29, 0.717) is 24.0 Å². The first-order chi connectivity index (χ1) is 21.4. The van der Waals surface area contributed by atoms with Crippen molar-refractivity contribution in [3.8, 4) is 5.75 Å². The predicted molar refractivity (Wildman–Crippen MR) is 171 cm³/mol. The van der Waals surface area contributed by atoms with E-state index in [4.69, 9.17) is 16.9 Å². The van der Waals surface area contributed by atoms with E-state index in [1.807, 2.05) is 37.3 Å². The number of nitrogens with one attached hydrogen (secondary N) is 5. The first-order valence-electron chi connectivity index (χ1n) is 15.2. The van der Waals surface area contributed by atoms with Crippen molar-refractivity contribution in [1.82, 2.24) is 21.3 Å². The second kappa shape index (κ2) is 18.9. The number of carboxylic acids is 1. The van der Waals surface area contributed by atoms with Gasteiger partial charge in [-0.05, 0) is 55.0 Å². The molecular weight excluding hydrogens is 578 g/mol. The lowest BCUT2D eigenvalue weighted by Crippen LogP contribution is -2.57. The third kappa shape index (κ3) is 13.3. The molecule has 0 fully saturated rings. The molecule has 246 valence electrons. The molecule has 11 N–H and O–H groups in total. The molecule has 2 aromatic carbocycles. The fourth-order valence-electron chi connectivity index (χ4n) is 4.75. The first kappa shape index (κ1) is 36.5. The number of aliphatic carboxylic acids is 1. The van der Waals surface area contributed by atoms with Crippen LogP contribution in [0.2, 0.25) is 0 Å². The van der Waals surface area contributed by atoms with Gasteiger partial charge < -0.3 is 42.9 Å². The average Bonchev–Trinajstić information content (AvgIpc) is 2.99. The molecule has 0 bridgehead atoms. The van der Waals surface area contributed by atoms with Gasteiger partial charge in [0.2, 0.25) is 17.7 Å². The van der Waals surface area contributed by atoms with Crippen LogP contribution in [0, 0.1) is 12.3 Å². The number of phenols is 1. The van der Waals surface area contributed by atoms with E-state index in [1.165, 1.54) is 12.1 Å². The number of benzene rings is 2. The number of nitrogens with two attached hydrogens (primary N) is 2. The highest BCUT2D eigenvalue weighted by atomic mass is 16.4. The van der Waals surface area contributed by atoms with Crippen molar-refractivity contribution in [2.45, 2.75) is 89.4 Å². The van der Waals surface area contributed by atoms with Crippen molar-refractivity contribution in [2.75, 3.05) is 6.54 Å². The third-order valence-electron chi connectivity index (χ3n) is 7.35. The van der Waals surface area contributed by atoms with Gasteiger partial charge in [-0.15, -0.1) is 0 Å². The number of rotatable bonds is 19. The Morgan fingerprint density at radius 2 is 1.49 bits per heavy atom. The maximum Gasteiger partial charge on any atom is 0.326 e. The van der Waals surface area contributed by atoms with Crippen LogP contribution in [-0.4, -0.2) is 70.6 Å². The first-order valence-corrected chi connectivity index (χ1v) is 15.2. The Bertz CT molecular complexity index is 1290. The summed E-state index contributed by atoms with van der Waals surface area (Å²) in [5.74, 6) is -3.33. The Balaban J connectivity index is 2.26. The molecule has 4 atom stereocenters. The quantitative estimate of drug-likeness (QED) is 0.0619. The molecule has 0 spiro atoms. The summed E-state index contributed by atoms with van der Waals surface area (Å²) in [5, 5.41) is 37.6. The summed E-state index contributed by atoms with van der Waals surface area (Å²) in [4.78, 5) is 52.2. The van der Waals surface area contributed by atoms with Crippen LogP contribution in [0.3, 0.4) is 0 Å². The molecule has 13 nitrogen and oxygen atoms in total. The highest BCUT2D eigenvalue weighted by Crippen LogP contribution is 2.17. The Labute approximate surface area is 264 Å². The molecule has 13 heteroatoms. The zero-order chi connectivity index (χ0) is 33.4. The van der Waals surface area contributed by atoms with Crippen molar-refractivity contribution in [1.29, 1.82) is 5.41 Å². The fraction of sp³-hybridized carbons (Fsp3) is 0.469. The van der Waals surface area contributed by atoms with E-state index < -0.39 is 47.9 Å². The lowest BCUT2D eigenvalue weighted by atomic mass is 10.00. The molecule has 0 saturated carbocycles. The van der Waals surface area contributed by atoms with Gasteiger partial charge in [0.15, 0.2) is 5.96 Å². The maximum absolute atomic E-state index is 13.7. The van der Waals surface area contributed by atoms with E-state index in [2.05, 4.69) is 21.3 Å². The smallest absolute Gasteiger partial charge is 0.326 e. The maximum atomic E-state index is 13.7. The number of carbonyl (C=O) groups is 4. The number of amides is 3. The second-order valence-corrected chi connectivity index (χ2v) is 11.1. The molecule has 3 amide bonds. The van der Waals surface area contributed by atoms with E-state index in [9.17, 15) is 29.4 Å². The number of hydrogen-bond donors (Lipinski definition) is 9. The summed E-state index contributed by atoms with van der Waals surface area (Å²) in [6.07, 6.45) is 3.61. The van der Waals surface area contributed by atoms with Gasteiger partial charge in [0, 0.05) is 19.4 Å². The number of unbranched alkanes of at least 4 members (excludes halogenated alkanes) is 2. The van der Waals surface area contributed by atoms with Crippen LogP contribution >= 0.6 is 0 Å². The largest absolute Gasteiger partial charge is 0.508 e. The molecule has 0 aliphatic carbocycles. The molecular formula is C32H47N7O6. The number of hydrogen-bond acceptors (Lipinski definition) is 7. The fourth-order valence-corrected chi connectivity index (χ4v) is 4.75. The van der Waals surface area contributed by atoms with Crippen LogP contribution in [0.4, 0.5) is 0 Å². The van der Waals surface area contributed by atoms with Crippen molar-refractivity contribution >= 4 is 29.7 Å². The lowest BCUT2D eigenvalue weighted by molar-refractivity contribution is -0.142. The van der Waals surface area contributed by atoms with Gasteiger partial charge >= 0.3 is 5.97 Å². The standard InChI is InChI=1S/C32H47N7O6/c1-3-4-6-12-24(33)28(41)38-26(18-21-10-7-5-8-11-21)30(43)37-25(13-9-16-36-32(34)35)29(42)39-27(31(44)45)19-22-14-15-23(40)17-20(22)2/h5,7-8,10-11,14-15,17,24-27,40H,3-4,6,9,12-13,16,18-19,33H2,1-2H3,(H,37,43)(H,38,41)(H,39,42)(H,44,45)(H4,34,35,36). The Hall–Kier alpha value is -4.65. The molecule has 0 aliphatic rings. The molecule has 45 heavy (non-hydrogen) atoms. The summed E-state index contributed by atoms with van der Waals surface area (Å²) in [7, 11) is 0. The van der Waals surface area contributed by atoms with Crippen LogP contribution in [0.25, 0.3) is 0 Å². The summed E-state index contributed by atoms with van der Waals surface area (Å²) in [5.41, 5.74) is 13.5. The molecule has 2 rings (SSSR count). The van der Waals surface area contributed by atoms with Crippen molar-refractivity contribution in [2.24, 2.45) is 11.5 Å². The van der Waals surface area contributed by atoms with E-state index in [1.54, 1.807) is 13.0 Å². The molecule has 0 heterocycles. The summed E-state index contributed by atoms with van der Waals surface area (Å²) in [6, 6.07) is 9.24. The van der Waals surface area contributed by atoms with Gasteiger partial charge in [-0.1, -0.05) is 62.6 Å². The topological polar surface area (TPSA) is 233 Å². The zero-order valence-corrected chi connectivity index (χ0v) is 26.0. The predicted octanol–water partition coefficient (Wildman–Crippen LogP) is 1.20. The van der Waals surface area contributed by atoms with E-state index >= 15 is 0 Å².